The predicted molar refractivity (Wildman–Crippen MR) is 107 cm³/mol. The molecule has 0 aliphatic carbocycles. The molecule has 2 aromatic rings. The number of hydrogen-bond acceptors (Lipinski definition) is 7. The maximum Gasteiger partial charge on any atom is 0.337 e. The molecule has 0 radical (unpaired) electrons. The molecule has 1 amide bonds. The van der Waals surface area contributed by atoms with E-state index in [2.05, 4.69) is 19.5 Å². The monoisotopic (exact) mass is 420 g/mol. The van der Waals surface area contributed by atoms with Crippen molar-refractivity contribution in [3.63, 3.8) is 0 Å². The molecule has 0 saturated carbocycles. The molecular weight excluding hydrogens is 400 g/mol. The second-order valence-electron chi connectivity index (χ2n) is 6.14. The van der Waals surface area contributed by atoms with E-state index in [1.54, 1.807) is 13.0 Å². The van der Waals surface area contributed by atoms with Crippen LogP contribution in [0, 0.1) is 6.92 Å². The summed E-state index contributed by atoms with van der Waals surface area (Å²) in [5.74, 6) is -1.96. The summed E-state index contributed by atoms with van der Waals surface area (Å²) >= 11 is 0. The van der Waals surface area contributed by atoms with Gasteiger partial charge < -0.3 is 14.8 Å². The zero-order valence-electron chi connectivity index (χ0n) is 16.2. The largest absolute Gasteiger partial charge is 0.465 e. The highest BCUT2D eigenvalue weighted by molar-refractivity contribution is 7.92. The Balaban J connectivity index is 2.38. The maximum absolute atomic E-state index is 12.6. The van der Waals surface area contributed by atoms with Gasteiger partial charge in [0.2, 0.25) is 10.0 Å². The zero-order valence-corrected chi connectivity index (χ0v) is 17.0. The number of methoxy groups -OCH3 is 2. The molecule has 0 heterocycles. The number of carbonyl (C=O) groups is 3. The van der Waals surface area contributed by atoms with Gasteiger partial charge in [0, 0.05) is 11.3 Å². The fraction of sp³-hybridized carbons (Fsp3) is 0.211. The van der Waals surface area contributed by atoms with Crippen LogP contribution in [0.1, 0.15) is 36.6 Å². The van der Waals surface area contributed by atoms with Gasteiger partial charge in [-0.15, -0.1) is 0 Å². The van der Waals surface area contributed by atoms with Crippen molar-refractivity contribution in [3.05, 3.63) is 58.7 Å². The number of sulfonamides is 1. The smallest absolute Gasteiger partial charge is 0.337 e. The van der Waals surface area contributed by atoms with E-state index in [4.69, 9.17) is 0 Å². The first-order valence-corrected chi connectivity index (χ1v) is 10.1. The van der Waals surface area contributed by atoms with Crippen LogP contribution in [-0.4, -0.2) is 46.7 Å². The van der Waals surface area contributed by atoms with Crippen LogP contribution >= 0.6 is 0 Å². The van der Waals surface area contributed by atoms with Crippen molar-refractivity contribution in [1.29, 1.82) is 0 Å². The highest BCUT2D eigenvalue weighted by Gasteiger charge is 2.16. The molecule has 9 nitrogen and oxygen atoms in total. The quantitative estimate of drug-likeness (QED) is 0.686. The average molecular weight is 420 g/mol. The molecule has 10 heteroatoms. The Morgan fingerprint density at radius 3 is 1.90 bits per heavy atom. The van der Waals surface area contributed by atoms with Gasteiger partial charge in [-0.25, -0.2) is 18.0 Å². The highest BCUT2D eigenvalue weighted by Crippen LogP contribution is 2.21. The van der Waals surface area contributed by atoms with E-state index in [1.807, 2.05) is 0 Å². The molecule has 0 aliphatic rings. The Hall–Kier alpha value is -3.40. The number of amides is 1. The lowest BCUT2D eigenvalue weighted by atomic mass is 10.1. The zero-order chi connectivity index (χ0) is 21.8. The van der Waals surface area contributed by atoms with Crippen LogP contribution in [0.3, 0.4) is 0 Å². The summed E-state index contributed by atoms with van der Waals surface area (Å²) in [6.07, 6.45) is 1.01. The lowest BCUT2D eigenvalue weighted by molar-refractivity contribution is 0.0599. The van der Waals surface area contributed by atoms with Crippen LogP contribution in [0.25, 0.3) is 0 Å². The second kappa shape index (κ2) is 8.74. The summed E-state index contributed by atoms with van der Waals surface area (Å²) in [4.78, 5) is 36.3. The Bertz CT molecular complexity index is 1040. The number of benzene rings is 2. The first kappa shape index (κ1) is 21.9. The first-order chi connectivity index (χ1) is 13.5. The van der Waals surface area contributed by atoms with Crippen molar-refractivity contribution in [2.24, 2.45) is 0 Å². The summed E-state index contributed by atoms with van der Waals surface area (Å²) < 4.78 is 34.6. The molecule has 0 atom stereocenters. The molecule has 2 rings (SSSR count). The molecule has 0 bridgehead atoms. The number of aryl methyl sites for hydroxylation is 1. The second-order valence-corrected chi connectivity index (χ2v) is 7.89. The first-order valence-electron chi connectivity index (χ1n) is 8.25. The van der Waals surface area contributed by atoms with Crippen molar-refractivity contribution < 1.29 is 32.3 Å². The number of hydrogen-bond donors (Lipinski definition) is 2. The lowest BCUT2D eigenvalue weighted by Gasteiger charge is -2.12. The van der Waals surface area contributed by atoms with Gasteiger partial charge in [0.15, 0.2) is 0 Å². The van der Waals surface area contributed by atoms with Crippen LogP contribution in [0.4, 0.5) is 11.4 Å². The van der Waals surface area contributed by atoms with E-state index in [9.17, 15) is 22.8 Å². The standard InChI is InChI=1S/C19H20N2O7S/c1-11-5-6-12(10-16(11)21-29(4,25)26)17(22)20-15-8-13(18(23)27-2)7-14(9-15)19(24)28-3/h5-10,21H,1-4H3,(H,20,22). The molecule has 29 heavy (non-hydrogen) atoms. The van der Waals surface area contributed by atoms with Gasteiger partial charge in [0.25, 0.3) is 5.91 Å². The Morgan fingerprint density at radius 1 is 0.862 bits per heavy atom. The SMILES string of the molecule is COC(=O)c1cc(NC(=O)c2ccc(C)c(NS(C)(=O)=O)c2)cc(C(=O)OC)c1. The lowest BCUT2D eigenvalue weighted by Crippen LogP contribution is -2.16. The fourth-order valence-electron chi connectivity index (χ4n) is 2.45. The molecule has 0 unspecified atom stereocenters. The topological polar surface area (TPSA) is 128 Å². The van der Waals surface area contributed by atoms with Gasteiger partial charge in [-0.2, -0.15) is 0 Å². The van der Waals surface area contributed by atoms with E-state index < -0.39 is 27.9 Å². The Morgan fingerprint density at radius 2 is 1.41 bits per heavy atom. The molecular formula is C19H20N2O7S. The van der Waals surface area contributed by atoms with Crippen molar-refractivity contribution >= 4 is 39.2 Å². The van der Waals surface area contributed by atoms with Crippen molar-refractivity contribution in [2.45, 2.75) is 6.92 Å². The summed E-state index contributed by atoms with van der Waals surface area (Å²) in [5.41, 5.74) is 1.33. The molecule has 0 aliphatic heterocycles. The highest BCUT2D eigenvalue weighted by atomic mass is 32.2. The Kier molecular flexibility index (Phi) is 6.60. The number of ether oxygens (including phenoxy) is 2. The van der Waals surface area contributed by atoms with Gasteiger partial charge in [0.05, 0.1) is 37.3 Å². The minimum absolute atomic E-state index is 0.0500. The molecule has 2 aromatic carbocycles. The van der Waals surface area contributed by atoms with E-state index >= 15 is 0 Å². The van der Waals surface area contributed by atoms with Crippen LogP contribution in [0.15, 0.2) is 36.4 Å². The minimum Gasteiger partial charge on any atom is -0.465 e. The normalized spacial score (nSPS) is 10.8. The van der Waals surface area contributed by atoms with Crippen LogP contribution in [-0.2, 0) is 19.5 Å². The van der Waals surface area contributed by atoms with E-state index in [-0.39, 0.29) is 28.1 Å². The third-order valence-corrected chi connectivity index (χ3v) is 4.42. The molecule has 0 spiro atoms. The van der Waals surface area contributed by atoms with Crippen molar-refractivity contribution in [3.8, 4) is 0 Å². The average Bonchev–Trinajstić information content (AvgIpc) is 2.66. The van der Waals surface area contributed by atoms with E-state index in [0.29, 0.717) is 5.56 Å². The Labute approximate surface area is 168 Å². The molecule has 2 N–H and O–H groups in total. The van der Waals surface area contributed by atoms with Crippen molar-refractivity contribution in [1.82, 2.24) is 0 Å². The summed E-state index contributed by atoms with van der Waals surface area (Å²) in [6, 6.07) is 8.47. The molecule has 0 saturated heterocycles. The van der Waals surface area contributed by atoms with Crippen LogP contribution in [0.2, 0.25) is 0 Å². The third kappa shape index (κ3) is 5.79. The molecule has 154 valence electrons. The van der Waals surface area contributed by atoms with E-state index in [1.165, 1.54) is 44.6 Å². The van der Waals surface area contributed by atoms with Crippen LogP contribution in [0.5, 0.6) is 0 Å². The summed E-state index contributed by atoms with van der Waals surface area (Å²) in [5, 5.41) is 2.57. The fourth-order valence-corrected chi connectivity index (χ4v) is 3.07. The number of rotatable bonds is 6. The predicted octanol–water partition coefficient (Wildman–Crippen LogP) is 2.19. The van der Waals surface area contributed by atoms with Gasteiger partial charge in [-0.05, 0) is 42.8 Å². The van der Waals surface area contributed by atoms with Gasteiger partial charge >= 0.3 is 11.9 Å². The minimum atomic E-state index is -3.52. The third-order valence-electron chi connectivity index (χ3n) is 3.83. The number of nitrogens with one attached hydrogen (secondary N) is 2. The number of anilines is 2. The van der Waals surface area contributed by atoms with E-state index in [0.717, 1.165) is 6.26 Å². The van der Waals surface area contributed by atoms with Crippen LogP contribution < -0.4 is 10.0 Å². The number of esters is 2. The molecule has 0 aromatic heterocycles. The van der Waals surface area contributed by atoms with Gasteiger partial charge in [-0.3, -0.25) is 9.52 Å². The summed E-state index contributed by atoms with van der Waals surface area (Å²) in [7, 11) is -1.14. The van der Waals surface area contributed by atoms with Gasteiger partial charge in [-0.1, -0.05) is 6.07 Å². The number of carbonyl (C=O) groups excluding carboxylic acids is 3. The summed E-state index contributed by atoms with van der Waals surface area (Å²) in [6.45, 7) is 1.69. The molecule has 0 fully saturated rings. The maximum atomic E-state index is 12.6. The van der Waals surface area contributed by atoms with Gasteiger partial charge in [0.1, 0.15) is 0 Å². The van der Waals surface area contributed by atoms with Crippen molar-refractivity contribution in [2.75, 3.05) is 30.5 Å².